The lowest BCUT2D eigenvalue weighted by atomic mass is 10.2. The molecule has 9 nitrogen and oxygen atoms in total. The number of hydrogen-bond donors (Lipinski definition) is 1. The van der Waals surface area contributed by atoms with Gasteiger partial charge in [-0.25, -0.2) is 9.37 Å². The molecule has 0 unspecified atom stereocenters. The molecule has 0 aliphatic rings. The molecule has 0 atom stereocenters. The summed E-state index contributed by atoms with van der Waals surface area (Å²) in [6.07, 6.45) is 0. The van der Waals surface area contributed by atoms with Crippen molar-refractivity contribution < 1.29 is 18.3 Å². The molecule has 166 valence electrons. The van der Waals surface area contributed by atoms with E-state index in [1.54, 1.807) is 24.3 Å². The van der Waals surface area contributed by atoms with Gasteiger partial charge in [-0.3, -0.25) is 4.79 Å². The zero-order valence-corrected chi connectivity index (χ0v) is 18.0. The van der Waals surface area contributed by atoms with Crippen molar-refractivity contribution in [2.75, 3.05) is 18.9 Å². The van der Waals surface area contributed by atoms with E-state index >= 15 is 0 Å². The Hall–Kier alpha value is -3.99. The van der Waals surface area contributed by atoms with E-state index in [-0.39, 0.29) is 24.1 Å². The maximum absolute atomic E-state index is 13.2. The van der Waals surface area contributed by atoms with Crippen LogP contribution < -0.4 is 10.1 Å². The number of halogens is 1. The third-order valence-electron chi connectivity index (χ3n) is 4.62. The lowest BCUT2D eigenvalue weighted by Crippen LogP contribution is -2.29. The van der Waals surface area contributed by atoms with E-state index in [0.29, 0.717) is 40.3 Å². The van der Waals surface area contributed by atoms with E-state index < -0.39 is 0 Å². The highest BCUT2D eigenvalue weighted by Crippen LogP contribution is 2.23. The normalized spacial score (nSPS) is 11.2. The first-order valence-corrected chi connectivity index (χ1v) is 11.0. The summed E-state index contributed by atoms with van der Waals surface area (Å²) in [5.41, 5.74) is 2.66. The molecule has 11 heteroatoms. The quantitative estimate of drug-likeness (QED) is 0.275. The van der Waals surface area contributed by atoms with Crippen LogP contribution in [0.25, 0.3) is 28.1 Å². The maximum atomic E-state index is 13.2. The van der Waals surface area contributed by atoms with E-state index in [4.69, 9.17) is 9.15 Å². The van der Waals surface area contributed by atoms with Crippen LogP contribution in [0.1, 0.15) is 0 Å². The van der Waals surface area contributed by atoms with E-state index in [1.165, 1.54) is 28.4 Å². The van der Waals surface area contributed by atoms with Crippen molar-refractivity contribution >= 4 is 34.4 Å². The fourth-order valence-electron chi connectivity index (χ4n) is 3.07. The molecule has 0 aliphatic carbocycles. The first-order chi connectivity index (χ1) is 16.2. The van der Waals surface area contributed by atoms with E-state index in [9.17, 15) is 9.18 Å². The number of nitrogens with zero attached hydrogens (tertiary/aromatic N) is 5. The Bertz CT molecular complexity index is 1390. The van der Waals surface area contributed by atoms with Crippen molar-refractivity contribution in [1.82, 2.24) is 30.1 Å². The summed E-state index contributed by atoms with van der Waals surface area (Å²) in [5.74, 6) is 0.505. The highest BCUT2D eigenvalue weighted by Gasteiger charge is 2.11. The van der Waals surface area contributed by atoms with Gasteiger partial charge >= 0.3 is 0 Å². The summed E-state index contributed by atoms with van der Waals surface area (Å²) in [6, 6.07) is 16.7. The van der Waals surface area contributed by atoms with Gasteiger partial charge in [0.1, 0.15) is 17.9 Å². The summed E-state index contributed by atoms with van der Waals surface area (Å²) in [7, 11) is 0. The number of rotatable bonds is 8. The number of ether oxygens (including phenoxy) is 1. The Labute approximate surface area is 191 Å². The molecule has 33 heavy (non-hydrogen) atoms. The SMILES string of the molecule is O=C(CSc1nc2ccccc2o1)NCCOc1ccc2nnc(-c3ccc(F)cc3)n2n1. The monoisotopic (exact) mass is 464 g/mol. The van der Waals surface area contributed by atoms with Gasteiger partial charge in [-0.15, -0.1) is 15.3 Å². The Morgan fingerprint density at radius 3 is 2.79 bits per heavy atom. The standard InChI is InChI=1S/C22H17FN6O3S/c23-15-7-5-14(6-8-15)21-27-26-18-9-10-20(28-29(18)21)31-12-11-24-19(30)13-33-22-25-16-3-1-2-4-17(16)32-22/h1-10H,11-13H2,(H,24,30). The smallest absolute Gasteiger partial charge is 0.257 e. The van der Waals surface area contributed by atoms with E-state index in [0.717, 1.165) is 5.52 Å². The first kappa shape index (κ1) is 20.9. The fraction of sp³-hybridized carbons (Fsp3) is 0.136. The summed E-state index contributed by atoms with van der Waals surface area (Å²) in [4.78, 5) is 16.4. The number of nitrogens with one attached hydrogen (secondary N) is 1. The zero-order chi connectivity index (χ0) is 22.6. The maximum Gasteiger partial charge on any atom is 0.257 e. The molecule has 0 spiro atoms. The number of amides is 1. The van der Waals surface area contributed by atoms with Crippen LogP contribution in [0.3, 0.4) is 0 Å². The molecule has 0 bridgehead atoms. The summed E-state index contributed by atoms with van der Waals surface area (Å²) >= 11 is 1.23. The van der Waals surface area contributed by atoms with Gasteiger partial charge in [-0.1, -0.05) is 23.9 Å². The zero-order valence-electron chi connectivity index (χ0n) is 17.1. The third-order valence-corrected chi connectivity index (χ3v) is 5.44. The van der Waals surface area contributed by atoms with Crippen molar-refractivity contribution in [2.24, 2.45) is 0 Å². The van der Waals surface area contributed by atoms with Gasteiger partial charge in [0.05, 0.1) is 12.3 Å². The highest BCUT2D eigenvalue weighted by molar-refractivity contribution is 7.99. The highest BCUT2D eigenvalue weighted by atomic mass is 32.2. The Kier molecular flexibility index (Phi) is 5.85. The Morgan fingerprint density at radius 1 is 1.09 bits per heavy atom. The molecular weight excluding hydrogens is 447 g/mol. The summed E-state index contributed by atoms with van der Waals surface area (Å²) in [5, 5.41) is 15.8. The average molecular weight is 464 g/mol. The molecule has 1 N–H and O–H groups in total. The molecule has 0 saturated heterocycles. The number of carbonyl (C=O) groups is 1. The van der Waals surface area contributed by atoms with Crippen molar-refractivity contribution in [2.45, 2.75) is 5.22 Å². The lowest BCUT2D eigenvalue weighted by Gasteiger charge is -2.07. The van der Waals surface area contributed by atoms with Crippen molar-refractivity contribution in [1.29, 1.82) is 0 Å². The molecular formula is C22H17FN6O3S. The molecule has 0 radical (unpaired) electrons. The largest absolute Gasteiger partial charge is 0.475 e. The molecule has 0 aliphatic heterocycles. The number of carbonyl (C=O) groups excluding carboxylic acids is 1. The number of benzene rings is 2. The molecule has 5 rings (SSSR count). The third kappa shape index (κ3) is 4.77. The second-order valence-corrected chi connectivity index (χ2v) is 7.83. The predicted molar refractivity (Wildman–Crippen MR) is 119 cm³/mol. The minimum Gasteiger partial charge on any atom is -0.475 e. The first-order valence-electron chi connectivity index (χ1n) is 10.0. The minimum atomic E-state index is -0.334. The molecule has 0 saturated carbocycles. The van der Waals surface area contributed by atoms with Gasteiger partial charge < -0.3 is 14.5 Å². The number of para-hydroxylation sites is 2. The summed E-state index contributed by atoms with van der Waals surface area (Å²) in [6.45, 7) is 0.533. The van der Waals surface area contributed by atoms with Crippen LogP contribution in [0.15, 0.2) is 70.3 Å². The van der Waals surface area contributed by atoms with Crippen LogP contribution in [0.4, 0.5) is 4.39 Å². The van der Waals surface area contributed by atoms with Crippen molar-refractivity contribution in [3.63, 3.8) is 0 Å². The number of thioether (sulfide) groups is 1. The van der Waals surface area contributed by atoms with Gasteiger partial charge in [-0.2, -0.15) is 4.52 Å². The molecule has 1 amide bonds. The van der Waals surface area contributed by atoms with Gasteiger partial charge in [0, 0.05) is 11.6 Å². The second-order valence-electron chi connectivity index (χ2n) is 6.91. The van der Waals surface area contributed by atoms with Gasteiger partial charge in [-0.05, 0) is 42.5 Å². The molecule has 2 aromatic carbocycles. The van der Waals surface area contributed by atoms with Crippen LogP contribution in [-0.4, -0.2) is 49.6 Å². The summed E-state index contributed by atoms with van der Waals surface area (Å²) < 4.78 is 26.0. The van der Waals surface area contributed by atoms with Crippen LogP contribution >= 0.6 is 11.8 Å². The molecule has 3 heterocycles. The fourth-order valence-corrected chi connectivity index (χ4v) is 3.73. The van der Waals surface area contributed by atoms with Crippen molar-refractivity contribution in [3.8, 4) is 17.3 Å². The predicted octanol–water partition coefficient (Wildman–Crippen LogP) is 3.36. The second kappa shape index (κ2) is 9.25. The van der Waals surface area contributed by atoms with Crippen LogP contribution in [0.5, 0.6) is 5.88 Å². The number of hydrogen-bond acceptors (Lipinski definition) is 8. The number of aromatic nitrogens is 5. The molecule has 3 aromatic heterocycles. The van der Waals surface area contributed by atoms with Crippen LogP contribution in [-0.2, 0) is 4.79 Å². The number of fused-ring (bicyclic) bond motifs is 2. The lowest BCUT2D eigenvalue weighted by molar-refractivity contribution is -0.118. The van der Waals surface area contributed by atoms with Crippen LogP contribution in [0.2, 0.25) is 0 Å². The minimum absolute atomic E-state index is 0.160. The average Bonchev–Trinajstić information content (AvgIpc) is 3.44. The van der Waals surface area contributed by atoms with Crippen LogP contribution in [0, 0.1) is 5.82 Å². The van der Waals surface area contributed by atoms with E-state index in [2.05, 4.69) is 25.6 Å². The van der Waals surface area contributed by atoms with Gasteiger partial charge in [0.2, 0.25) is 11.8 Å². The van der Waals surface area contributed by atoms with Gasteiger partial charge in [0.15, 0.2) is 17.1 Å². The molecule has 0 fully saturated rings. The van der Waals surface area contributed by atoms with Crippen molar-refractivity contribution in [3.05, 3.63) is 66.5 Å². The molecule has 5 aromatic rings. The Morgan fingerprint density at radius 2 is 1.94 bits per heavy atom. The van der Waals surface area contributed by atoms with E-state index in [1.807, 2.05) is 24.3 Å². The van der Waals surface area contributed by atoms with Gasteiger partial charge in [0.25, 0.3) is 5.22 Å². The topological polar surface area (TPSA) is 107 Å². The Balaban J connectivity index is 1.13. The number of oxazole rings is 1.